The first-order valence-electron chi connectivity index (χ1n) is 32.8. The van der Waals surface area contributed by atoms with Gasteiger partial charge in [-0.2, -0.15) is 0 Å². The van der Waals surface area contributed by atoms with Crippen LogP contribution in [0.4, 0.5) is 0 Å². The third-order valence-corrected chi connectivity index (χ3v) is 16.8. The minimum absolute atomic E-state index is 0.110. The van der Waals surface area contributed by atoms with Crippen LogP contribution in [0.1, 0.15) is 90.7 Å². The summed E-state index contributed by atoms with van der Waals surface area (Å²) in [6, 6.07) is 55.8. The third kappa shape index (κ3) is 8.99. The van der Waals surface area contributed by atoms with Crippen LogP contribution >= 0.6 is 0 Å². The molecule has 4 heterocycles. The maximum absolute atomic E-state index is 9.75. The molecule has 0 bridgehead atoms. The second-order valence-corrected chi connectivity index (χ2v) is 23.6. The number of nitrogens with zero attached hydrogens (tertiary/aromatic N) is 5. The Labute approximate surface area is 509 Å². The van der Waals surface area contributed by atoms with Gasteiger partial charge in [-0.3, -0.25) is 0 Å². The molecule has 83 heavy (non-hydrogen) atoms. The van der Waals surface area contributed by atoms with Gasteiger partial charge in [0.25, 0.3) is 0 Å². The van der Waals surface area contributed by atoms with Gasteiger partial charge in [0, 0.05) is 6.20 Å². The van der Waals surface area contributed by atoms with Crippen molar-refractivity contribution >= 4 is 54.6 Å². The zero-order valence-corrected chi connectivity index (χ0v) is 49.1. The first-order chi connectivity index (χ1) is 44.5. The Kier molecular flexibility index (Phi) is 10.4. The van der Waals surface area contributed by atoms with Crippen molar-refractivity contribution in [2.75, 3.05) is 0 Å². The summed E-state index contributed by atoms with van der Waals surface area (Å²) < 4.78 is 109. The Bertz CT molecular complexity index is 5310. The van der Waals surface area contributed by atoms with Crippen LogP contribution in [0.5, 0.6) is 11.5 Å². The standard InChI is InChI=1S/C76H61N5O.Pt/c1-49(2)59-30-22-31-60(50(3)4)74(59)53-41-55(44-58(42-53)82-57-37-38-64-63-29-16-19-34-69(63)81(72(64)47-57)73-43-54(39-40-77-73)76(5,6)7)78-48-79(71-36-21-20-35-70(71)78)75-65(51-23-10-8-11-24-51)45-56(46-66(75)52-25-12-9-13-26-52)80-67-32-17-14-27-61(67)62-28-15-18-33-68(62)80;/h8-43,45-46,49-50H,1-7H3;/q-2;/i8D,9D,10D,11D,12D,13D,23D,24D,25D,26D;. The van der Waals surface area contributed by atoms with Gasteiger partial charge in [-0.25, -0.2) is 0 Å². The summed E-state index contributed by atoms with van der Waals surface area (Å²) in [6.07, 6.45) is 1.85. The number of aromatic nitrogens is 5. The summed E-state index contributed by atoms with van der Waals surface area (Å²) >= 11 is 2.24. The number of hydrogen-bond acceptors (Lipinski definition) is 2. The molecule has 10 aromatic carbocycles. The Hall–Kier alpha value is -9.09. The van der Waals surface area contributed by atoms with Gasteiger partial charge in [0.1, 0.15) is 0 Å². The van der Waals surface area contributed by atoms with E-state index in [0.717, 1.165) is 77.2 Å². The summed E-state index contributed by atoms with van der Waals surface area (Å²) in [7, 11) is 0. The quantitative estimate of drug-likeness (QED) is 0.121. The van der Waals surface area contributed by atoms with Crippen LogP contribution in [-0.2, 0) is 24.8 Å². The second-order valence-electron chi connectivity index (χ2n) is 22.6. The molecule has 0 radical (unpaired) electrons. The van der Waals surface area contributed by atoms with Crippen molar-refractivity contribution in [2.24, 2.45) is 0 Å². The SMILES string of the molecule is [2H]c1c([2H])c([2H])c(-c2cc(-n3c4ccccc4c4ccccc43)cc(-c3c([2H])c([2H])c([2H])c([2H])c3[2H])c2-n2[c](=[Pt])n(-c3[c-]c(Oc4[c-]c5c(cc4)c4ccccc4n5-c4cc(C(C)(C)C)ccn4)cc(-c4c(C(C)C)cccc4C(C)C)c3)c3ccccc32)c([2H])c1[2H]. The fourth-order valence-corrected chi connectivity index (χ4v) is 13.0. The van der Waals surface area contributed by atoms with E-state index in [0.29, 0.717) is 37.7 Å². The predicted octanol–water partition coefficient (Wildman–Crippen LogP) is 20.0. The van der Waals surface area contributed by atoms with E-state index in [1.165, 1.54) is 0 Å². The van der Waals surface area contributed by atoms with Gasteiger partial charge in [0.05, 0.1) is 0 Å². The van der Waals surface area contributed by atoms with E-state index in [-0.39, 0.29) is 45.2 Å². The van der Waals surface area contributed by atoms with Crippen molar-refractivity contribution < 1.29 is 37.8 Å². The van der Waals surface area contributed by atoms with Crippen molar-refractivity contribution in [3.63, 3.8) is 0 Å². The van der Waals surface area contributed by atoms with Crippen molar-refractivity contribution in [3.8, 4) is 67.8 Å². The number of benzene rings is 10. The molecule has 14 rings (SSSR count). The van der Waals surface area contributed by atoms with E-state index < -0.39 is 60.4 Å². The molecule has 0 saturated heterocycles. The average molecular weight is 1270 g/mol. The summed E-state index contributed by atoms with van der Waals surface area (Å²) in [6.45, 7) is 15.3. The van der Waals surface area contributed by atoms with Crippen LogP contribution in [-0.4, -0.2) is 23.3 Å². The molecular weight excluding hydrogens is 1190 g/mol. The zero-order valence-electron chi connectivity index (χ0n) is 56.8. The van der Waals surface area contributed by atoms with Gasteiger partial charge < -0.3 is 0 Å². The van der Waals surface area contributed by atoms with E-state index in [9.17, 15) is 11.0 Å². The molecular formula is C76H61N5OPt-2. The molecule has 0 aliphatic rings. The van der Waals surface area contributed by atoms with E-state index in [2.05, 4.69) is 139 Å². The van der Waals surface area contributed by atoms with Gasteiger partial charge in [-0.1, -0.05) is 32.9 Å². The first kappa shape index (κ1) is 41.8. The van der Waals surface area contributed by atoms with E-state index in [1.54, 1.807) is 12.1 Å². The molecule has 0 atom stereocenters. The van der Waals surface area contributed by atoms with Crippen LogP contribution in [0.25, 0.3) is 111 Å². The van der Waals surface area contributed by atoms with Gasteiger partial charge in [0.15, 0.2) is 0 Å². The number of ether oxygens (including phenoxy) is 1. The molecule has 0 amide bonds. The number of rotatable bonds is 11. The zero-order chi connectivity index (χ0) is 65.4. The van der Waals surface area contributed by atoms with Crippen LogP contribution < -0.4 is 4.74 Å². The number of para-hydroxylation sites is 5. The third-order valence-electron chi connectivity index (χ3n) is 15.8. The molecule has 0 N–H and O–H groups in total. The molecule has 0 saturated carbocycles. The van der Waals surface area contributed by atoms with Crippen LogP contribution in [0.3, 0.4) is 0 Å². The monoisotopic (exact) mass is 1260 g/mol. The van der Waals surface area contributed by atoms with Crippen molar-refractivity contribution in [1.82, 2.24) is 23.3 Å². The second kappa shape index (κ2) is 20.7. The van der Waals surface area contributed by atoms with Gasteiger partial charge in [0.2, 0.25) is 0 Å². The molecule has 6 nitrogen and oxygen atoms in total. The first-order valence-corrected chi connectivity index (χ1v) is 29.0. The molecule has 0 aliphatic heterocycles. The van der Waals surface area contributed by atoms with Crippen molar-refractivity contribution in [1.29, 1.82) is 0 Å². The summed E-state index contributed by atoms with van der Waals surface area (Å²) in [5, 5.41) is 3.84. The molecule has 0 fully saturated rings. The summed E-state index contributed by atoms with van der Waals surface area (Å²) in [4.78, 5) is 4.93. The number of hydrogen-bond donors (Lipinski definition) is 0. The van der Waals surface area contributed by atoms with Crippen LogP contribution in [0, 0.1) is 15.9 Å². The van der Waals surface area contributed by atoms with Gasteiger partial charge in [-0.05, 0) is 17.0 Å². The summed E-state index contributed by atoms with van der Waals surface area (Å²) in [5.74, 6) is 1.77. The molecule has 0 unspecified atom stereocenters. The molecule has 4 aromatic heterocycles. The normalized spacial score (nSPS) is 13.8. The molecule has 0 spiro atoms. The summed E-state index contributed by atoms with van der Waals surface area (Å²) in [5.41, 5.74) is 10.8. The van der Waals surface area contributed by atoms with Crippen LogP contribution in [0.2, 0.25) is 0 Å². The van der Waals surface area contributed by atoms with E-state index in [1.807, 2.05) is 117 Å². The molecule has 0 aliphatic carbocycles. The predicted molar refractivity (Wildman–Crippen MR) is 340 cm³/mol. The van der Waals surface area contributed by atoms with Crippen molar-refractivity contribution in [3.05, 3.63) is 263 Å². The fraction of sp³-hybridized carbons (Fsp3) is 0.132. The van der Waals surface area contributed by atoms with E-state index >= 15 is 0 Å². The Morgan fingerprint density at radius 3 is 1.59 bits per heavy atom. The van der Waals surface area contributed by atoms with Gasteiger partial charge >= 0.3 is 456 Å². The molecule has 408 valence electrons. The Morgan fingerprint density at radius 1 is 0.494 bits per heavy atom. The van der Waals surface area contributed by atoms with Crippen LogP contribution in [0.15, 0.2) is 230 Å². The van der Waals surface area contributed by atoms with Crippen molar-refractivity contribution in [2.45, 2.75) is 65.7 Å². The minimum atomic E-state index is -0.588. The molecule has 7 heteroatoms. The Balaban J connectivity index is 1.09. The molecule has 14 aromatic rings. The van der Waals surface area contributed by atoms with Gasteiger partial charge in [-0.15, -0.1) is 0 Å². The van der Waals surface area contributed by atoms with E-state index in [4.69, 9.17) is 12.5 Å². The number of imidazole rings is 1. The fourth-order valence-electron chi connectivity index (χ4n) is 11.9. The maximum atomic E-state index is 9.75. The topological polar surface area (TPSA) is 41.8 Å². The average Bonchev–Trinajstić information content (AvgIpc) is 1.62. The Morgan fingerprint density at radius 2 is 1.02 bits per heavy atom. The number of fused-ring (bicyclic) bond motifs is 7. The number of pyridine rings is 1.